The number of aliphatic hydroxyl groups excluding tert-OH is 1. The summed E-state index contributed by atoms with van der Waals surface area (Å²) < 4.78 is 0. The maximum Gasteiger partial charge on any atom is 0.326 e. The molecule has 0 aliphatic rings. The highest BCUT2D eigenvalue weighted by molar-refractivity contribution is 7.98. The Labute approximate surface area is 185 Å². The smallest absolute Gasteiger partial charge is 0.326 e. The SMILES string of the molecule is CSCCC(NC(=O)C(C)NC(=O)C(CO)NC(=O)C(N)Cc1ccccc1)C(=O)O. The van der Waals surface area contributed by atoms with Gasteiger partial charge in [0.05, 0.1) is 12.6 Å². The molecule has 0 bridgehead atoms. The zero-order chi connectivity index (χ0) is 23.4. The van der Waals surface area contributed by atoms with Crippen molar-refractivity contribution in [3.8, 4) is 0 Å². The molecule has 4 unspecified atom stereocenters. The van der Waals surface area contributed by atoms with Crippen molar-refractivity contribution in [2.24, 2.45) is 5.73 Å². The number of hydrogen-bond donors (Lipinski definition) is 6. The third-order valence-electron chi connectivity index (χ3n) is 4.43. The van der Waals surface area contributed by atoms with Gasteiger partial charge in [-0.1, -0.05) is 30.3 Å². The number of thioether (sulfide) groups is 1. The number of nitrogens with one attached hydrogen (secondary N) is 3. The van der Waals surface area contributed by atoms with E-state index in [9.17, 15) is 29.4 Å². The van der Waals surface area contributed by atoms with E-state index in [-0.39, 0.29) is 12.8 Å². The summed E-state index contributed by atoms with van der Waals surface area (Å²) in [7, 11) is 0. The zero-order valence-corrected chi connectivity index (χ0v) is 18.4. The van der Waals surface area contributed by atoms with Crippen molar-refractivity contribution in [3.05, 3.63) is 35.9 Å². The number of hydrogen-bond acceptors (Lipinski definition) is 7. The molecule has 10 nitrogen and oxygen atoms in total. The van der Waals surface area contributed by atoms with E-state index in [1.165, 1.54) is 18.7 Å². The lowest BCUT2D eigenvalue weighted by atomic mass is 10.1. The first-order chi connectivity index (χ1) is 14.7. The largest absolute Gasteiger partial charge is 0.480 e. The Morgan fingerprint density at radius 2 is 1.61 bits per heavy atom. The number of nitrogens with two attached hydrogens (primary N) is 1. The summed E-state index contributed by atoms with van der Waals surface area (Å²) in [6, 6.07) is 4.68. The number of amides is 3. The molecule has 0 radical (unpaired) electrons. The van der Waals surface area contributed by atoms with Crippen LogP contribution in [-0.2, 0) is 25.6 Å². The fraction of sp³-hybridized carbons (Fsp3) is 0.500. The van der Waals surface area contributed by atoms with Crippen LogP contribution < -0.4 is 21.7 Å². The molecule has 0 heterocycles. The average Bonchev–Trinajstić information content (AvgIpc) is 2.74. The van der Waals surface area contributed by atoms with Gasteiger partial charge in [0.2, 0.25) is 17.7 Å². The van der Waals surface area contributed by atoms with Crippen LogP contribution in [0.1, 0.15) is 18.9 Å². The van der Waals surface area contributed by atoms with Crippen LogP contribution in [0.2, 0.25) is 0 Å². The van der Waals surface area contributed by atoms with Gasteiger partial charge < -0.3 is 31.9 Å². The van der Waals surface area contributed by atoms with Crippen molar-refractivity contribution in [1.82, 2.24) is 16.0 Å². The number of carbonyl (C=O) groups is 4. The molecule has 4 atom stereocenters. The van der Waals surface area contributed by atoms with Gasteiger partial charge in [-0.2, -0.15) is 11.8 Å². The van der Waals surface area contributed by atoms with Gasteiger partial charge in [-0.05, 0) is 37.3 Å². The van der Waals surface area contributed by atoms with Crippen LogP contribution in [0.15, 0.2) is 30.3 Å². The second-order valence-electron chi connectivity index (χ2n) is 6.95. The number of carboxylic acids is 1. The minimum atomic E-state index is -1.31. The van der Waals surface area contributed by atoms with Crippen LogP contribution in [0.25, 0.3) is 0 Å². The Hall–Kier alpha value is -2.63. The standard InChI is InChI=1S/C20H30N4O6S/c1-12(17(26)23-15(20(29)30)8-9-31-2)22-19(28)16(11-25)24-18(27)14(21)10-13-6-4-3-5-7-13/h3-7,12,14-16,25H,8-11,21H2,1-2H3,(H,22,28)(H,23,26)(H,24,27)(H,29,30). The molecule has 0 fully saturated rings. The predicted molar refractivity (Wildman–Crippen MR) is 117 cm³/mol. The lowest BCUT2D eigenvalue weighted by molar-refractivity contribution is -0.142. The maximum absolute atomic E-state index is 12.4. The summed E-state index contributed by atoms with van der Waals surface area (Å²) in [5.74, 6) is -2.74. The molecule has 0 aliphatic carbocycles. The van der Waals surface area contributed by atoms with Crippen LogP contribution in [0, 0.1) is 0 Å². The van der Waals surface area contributed by atoms with Crippen LogP contribution in [-0.4, -0.2) is 76.7 Å². The zero-order valence-electron chi connectivity index (χ0n) is 17.5. The van der Waals surface area contributed by atoms with Crippen molar-refractivity contribution in [3.63, 3.8) is 0 Å². The second kappa shape index (κ2) is 13.6. The minimum Gasteiger partial charge on any atom is -0.480 e. The van der Waals surface area contributed by atoms with Crippen molar-refractivity contribution in [2.45, 2.75) is 43.9 Å². The van der Waals surface area contributed by atoms with Crippen LogP contribution in [0.5, 0.6) is 0 Å². The topological polar surface area (TPSA) is 171 Å². The number of aliphatic carboxylic acids is 1. The number of aliphatic hydroxyl groups is 1. The van der Waals surface area contributed by atoms with Crippen molar-refractivity contribution in [1.29, 1.82) is 0 Å². The first-order valence-electron chi connectivity index (χ1n) is 9.72. The quantitative estimate of drug-likeness (QED) is 0.217. The Morgan fingerprint density at radius 1 is 1.00 bits per heavy atom. The molecule has 31 heavy (non-hydrogen) atoms. The fourth-order valence-electron chi connectivity index (χ4n) is 2.60. The van der Waals surface area contributed by atoms with Gasteiger partial charge in [-0.15, -0.1) is 0 Å². The second-order valence-corrected chi connectivity index (χ2v) is 7.94. The van der Waals surface area contributed by atoms with Gasteiger partial charge in [0.15, 0.2) is 0 Å². The van der Waals surface area contributed by atoms with Crippen LogP contribution in [0.3, 0.4) is 0 Å². The third kappa shape index (κ3) is 9.37. The van der Waals surface area contributed by atoms with Gasteiger partial charge in [-0.3, -0.25) is 14.4 Å². The molecule has 1 aromatic rings. The Kier molecular flexibility index (Phi) is 11.6. The Bertz CT molecular complexity index is 748. The summed E-state index contributed by atoms with van der Waals surface area (Å²) in [5, 5.41) is 25.8. The fourth-order valence-corrected chi connectivity index (χ4v) is 3.07. The summed E-state index contributed by atoms with van der Waals surface area (Å²) in [5.41, 5.74) is 6.72. The first kappa shape index (κ1) is 26.4. The molecule has 0 spiro atoms. The molecule has 172 valence electrons. The summed E-state index contributed by atoms with van der Waals surface area (Å²) >= 11 is 1.45. The Morgan fingerprint density at radius 3 is 2.16 bits per heavy atom. The van der Waals surface area contributed by atoms with E-state index in [0.29, 0.717) is 5.75 Å². The number of carboxylic acid groups (broad SMARTS) is 1. The summed E-state index contributed by atoms with van der Waals surface area (Å²) in [6.07, 6.45) is 2.30. The summed E-state index contributed by atoms with van der Waals surface area (Å²) in [4.78, 5) is 48.1. The Balaban J connectivity index is 2.60. The normalized spacial score (nSPS) is 14.6. The number of carbonyl (C=O) groups excluding carboxylic acids is 3. The highest BCUT2D eigenvalue weighted by Crippen LogP contribution is 2.03. The van der Waals surface area contributed by atoms with Gasteiger partial charge in [0.25, 0.3) is 0 Å². The molecule has 11 heteroatoms. The molecule has 0 aromatic heterocycles. The number of rotatable bonds is 13. The van der Waals surface area contributed by atoms with E-state index in [2.05, 4.69) is 16.0 Å². The summed E-state index contributed by atoms with van der Waals surface area (Å²) in [6.45, 7) is 0.674. The maximum atomic E-state index is 12.4. The highest BCUT2D eigenvalue weighted by atomic mass is 32.2. The molecule has 3 amide bonds. The molecule has 1 rings (SSSR count). The molecular weight excluding hydrogens is 424 g/mol. The van der Waals surface area contributed by atoms with E-state index < -0.39 is 54.5 Å². The van der Waals surface area contributed by atoms with Crippen molar-refractivity contribution in [2.75, 3.05) is 18.6 Å². The van der Waals surface area contributed by atoms with E-state index in [0.717, 1.165) is 5.56 Å². The lowest BCUT2D eigenvalue weighted by Gasteiger charge is -2.22. The van der Waals surface area contributed by atoms with E-state index in [1.807, 2.05) is 36.6 Å². The molecule has 1 aromatic carbocycles. The van der Waals surface area contributed by atoms with Gasteiger partial charge in [0, 0.05) is 0 Å². The third-order valence-corrected chi connectivity index (χ3v) is 5.07. The van der Waals surface area contributed by atoms with E-state index in [1.54, 1.807) is 0 Å². The highest BCUT2D eigenvalue weighted by Gasteiger charge is 2.27. The van der Waals surface area contributed by atoms with E-state index >= 15 is 0 Å². The van der Waals surface area contributed by atoms with Gasteiger partial charge >= 0.3 is 5.97 Å². The number of benzene rings is 1. The van der Waals surface area contributed by atoms with E-state index in [4.69, 9.17) is 5.73 Å². The van der Waals surface area contributed by atoms with Crippen molar-refractivity contribution >= 4 is 35.5 Å². The van der Waals surface area contributed by atoms with Crippen molar-refractivity contribution < 1.29 is 29.4 Å². The molecule has 0 saturated heterocycles. The van der Waals surface area contributed by atoms with Gasteiger partial charge in [-0.25, -0.2) is 4.79 Å². The van der Waals surface area contributed by atoms with Crippen LogP contribution >= 0.6 is 11.8 Å². The molecule has 0 aliphatic heterocycles. The lowest BCUT2D eigenvalue weighted by Crippen LogP contribution is -2.57. The minimum absolute atomic E-state index is 0.234. The first-order valence-corrected chi connectivity index (χ1v) is 11.1. The predicted octanol–water partition coefficient (Wildman–Crippen LogP) is -1.14. The van der Waals surface area contributed by atoms with Crippen LogP contribution in [0.4, 0.5) is 0 Å². The van der Waals surface area contributed by atoms with Gasteiger partial charge in [0.1, 0.15) is 18.1 Å². The monoisotopic (exact) mass is 454 g/mol. The molecule has 0 saturated carbocycles. The molecular formula is C20H30N4O6S. The molecule has 7 N–H and O–H groups in total. The average molecular weight is 455 g/mol.